The number of anilines is 2. The number of methoxy groups -OCH3 is 2. The van der Waals surface area contributed by atoms with Crippen molar-refractivity contribution in [3.63, 3.8) is 0 Å². The van der Waals surface area contributed by atoms with Crippen LogP contribution in [0.25, 0.3) is 0 Å². The SMILES string of the molecule is COC(=O)C1(C(=O)OC)C(N(c2ccccc2)c2ccccc2)=CC(=O)c2ccccc21. The van der Waals surface area contributed by atoms with Gasteiger partial charge in [-0.2, -0.15) is 0 Å². The van der Waals surface area contributed by atoms with Gasteiger partial charge in [0, 0.05) is 23.0 Å². The third-order valence-electron chi connectivity index (χ3n) is 5.50. The molecule has 6 nitrogen and oxygen atoms in total. The predicted octanol–water partition coefficient (Wildman–Crippen LogP) is 4.19. The lowest BCUT2D eigenvalue weighted by atomic mass is 9.70. The molecular formula is C26H21NO5. The molecule has 0 bridgehead atoms. The number of para-hydroxylation sites is 2. The second-order valence-electron chi connectivity index (χ2n) is 7.18. The highest BCUT2D eigenvalue weighted by Gasteiger charge is 2.58. The number of hydrogen-bond donors (Lipinski definition) is 0. The molecule has 0 heterocycles. The summed E-state index contributed by atoms with van der Waals surface area (Å²) in [5, 5.41) is 0. The van der Waals surface area contributed by atoms with Gasteiger partial charge in [-0.1, -0.05) is 60.7 Å². The van der Waals surface area contributed by atoms with Gasteiger partial charge in [0.2, 0.25) is 5.41 Å². The average Bonchev–Trinajstić information content (AvgIpc) is 2.85. The quantitative estimate of drug-likeness (QED) is 0.449. The lowest BCUT2D eigenvalue weighted by Crippen LogP contribution is -2.53. The number of fused-ring (bicyclic) bond motifs is 1. The van der Waals surface area contributed by atoms with Crippen molar-refractivity contribution in [3.8, 4) is 0 Å². The number of nitrogens with zero attached hydrogens (tertiary/aromatic N) is 1. The monoisotopic (exact) mass is 427 g/mol. The minimum Gasteiger partial charge on any atom is -0.468 e. The fraction of sp³-hybridized carbons (Fsp3) is 0.115. The molecule has 4 rings (SSSR count). The first kappa shape index (κ1) is 21.1. The Morgan fingerprint density at radius 3 is 1.69 bits per heavy atom. The molecule has 0 radical (unpaired) electrons. The molecular weight excluding hydrogens is 406 g/mol. The van der Waals surface area contributed by atoms with E-state index in [0.29, 0.717) is 11.4 Å². The van der Waals surface area contributed by atoms with Crippen LogP contribution < -0.4 is 4.90 Å². The number of ether oxygens (including phenoxy) is 2. The summed E-state index contributed by atoms with van der Waals surface area (Å²) in [6, 6.07) is 24.9. The second kappa shape index (κ2) is 8.51. The first-order valence-electron chi connectivity index (χ1n) is 9.98. The van der Waals surface area contributed by atoms with Gasteiger partial charge in [-0.25, -0.2) is 0 Å². The average molecular weight is 427 g/mol. The van der Waals surface area contributed by atoms with E-state index in [1.54, 1.807) is 29.2 Å². The molecule has 0 aromatic heterocycles. The second-order valence-corrected chi connectivity index (χ2v) is 7.18. The number of esters is 2. The summed E-state index contributed by atoms with van der Waals surface area (Å²) >= 11 is 0. The van der Waals surface area contributed by atoms with Crippen molar-refractivity contribution >= 4 is 29.1 Å². The van der Waals surface area contributed by atoms with Crippen LogP contribution in [0.5, 0.6) is 0 Å². The summed E-state index contributed by atoms with van der Waals surface area (Å²) in [6.45, 7) is 0. The minimum absolute atomic E-state index is 0.136. The summed E-state index contributed by atoms with van der Waals surface area (Å²) in [7, 11) is 2.41. The molecule has 0 atom stereocenters. The number of carbonyl (C=O) groups excluding carboxylic acids is 3. The van der Waals surface area contributed by atoms with Gasteiger partial charge >= 0.3 is 11.9 Å². The zero-order chi connectivity index (χ0) is 22.7. The number of carbonyl (C=O) groups is 3. The molecule has 0 aliphatic heterocycles. The van der Waals surface area contributed by atoms with Crippen LogP contribution in [-0.4, -0.2) is 31.9 Å². The number of rotatable bonds is 5. The Morgan fingerprint density at radius 2 is 1.19 bits per heavy atom. The molecule has 160 valence electrons. The van der Waals surface area contributed by atoms with Gasteiger partial charge in [-0.05, 0) is 29.8 Å². The molecule has 0 spiro atoms. The molecule has 3 aromatic carbocycles. The maximum atomic E-state index is 13.4. The van der Waals surface area contributed by atoms with Gasteiger partial charge in [-0.3, -0.25) is 14.4 Å². The topological polar surface area (TPSA) is 72.9 Å². The molecule has 1 aliphatic carbocycles. The van der Waals surface area contributed by atoms with E-state index in [4.69, 9.17) is 9.47 Å². The number of benzene rings is 3. The zero-order valence-corrected chi connectivity index (χ0v) is 17.6. The van der Waals surface area contributed by atoms with Gasteiger partial charge in [0.1, 0.15) is 0 Å². The summed E-state index contributed by atoms with van der Waals surface area (Å²) in [5.41, 5.74) is -0.0771. The standard InChI is InChI=1S/C26H21NO5/c1-31-24(29)26(25(30)32-2)21-16-10-9-15-20(21)22(28)17-23(26)27(18-11-5-3-6-12-18)19-13-7-4-8-14-19/h3-17H,1-2H3. The van der Waals surface area contributed by atoms with Crippen LogP contribution in [0.3, 0.4) is 0 Å². The Bertz CT molecular complexity index is 1150. The van der Waals surface area contributed by atoms with Crippen LogP contribution in [0, 0.1) is 0 Å². The minimum atomic E-state index is -2.00. The van der Waals surface area contributed by atoms with Crippen LogP contribution in [0.1, 0.15) is 15.9 Å². The molecule has 0 saturated carbocycles. The Kier molecular flexibility index (Phi) is 5.60. The molecule has 0 unspecified atom stereocenters. The summed E-state index contributed by atoms with van der Waals surface area (Å²) in [5.74, 6) is -2.00. The van der Waals surface area contributed by atoms with Gasteiger partial charge in [0.05, 0.1) is 19.9 Å². The van der Waals surface area contributed by atoms with Crippen molar-refractivity contribution in [2.45, 2.75) is 5.41 Å². The lowest BCUT2D eigenvalue weighted by Gasteiger charge is -2.40. The van der Waals surface area contributed by atoms with Crippen molar-refractivity contribution in [1.82, 2.24) is 0 Å². The zero-order valence-electron chi connectivity index (χ0n) is 17.6. The molecule has 1 aliphatic rings. The van der Waals surface area contributed by atoms with Crippen LogP contribution in [-0.2, 0) is 24.5 Å². The van der Waals surface area contributed by atoms with E-state index in [1.807, 2.05) is 60.7 Å². The van der Waals surface area contributed by atoms with Crippen molar-refractivity contribution in [1.29, 1.82) is 0 Å². The van der Waals surface area contributed by atoms with E-state index in [1.165, 1.54) is 20.3 Å². The normalized spacial score (nSPS) is 14.1. The molecule has 6 heteroatoms. The van der Waals surface area contributed by atoms with E-state index in [0.717, 1.165) is 0 Å². The van der Waals surface area contributed by atoms with Crippen molar-refractivity contribution in [2.75, 3.05) is 19.1 Å². The van der Waals surface area contributed by atoms with Crippen LogP contribution in [0.2, 0.25) is 0 Å². The number of hydrogen-bond acceptors (Lipinski definition) is 6. The van der Waals surface area contributed by atoms with Crippen LogP contribution >= 0.6 is 0 Å². The third-order valence-corrected chi connectivity index (χ3v) is 5.50. The van der Waals surface area contributed by atoms with Gasteiger partial charge in [0.15, 0.2) is 5.78 Å². The van der Waals surface area contributed by atoms with E-state index < -0.39 is 17.4 Å². The Labute approximate surface area is 185 Å². The summed E-state index contributed by atoms with van der Waals surface area (Å²) < 4.78 is 10.3. The van der Waals surface area contributed by atoms with E-state index >= 15 is 0 Å². The predicted molar refractivity (Wildman–Crippen MR) is 120 cm³/mol. The molecule has 0 fully saturated rings. The lowest BCUT2D eigenvalue weighted by molar-refractivity contribution is -0.159. The van der Waals surface area contributed by atoms with E-state index in [2.05, 4.69) is 0 Å². The first-order valence-corrected chi connectivity index (χ1v) is 9.98. The molecule has 3 aromatic rings. The fourth-order valence-corrected chi connectivity index (χ4v) is 4.11. The maximum Gasteiger partial charge on any atom is 0.334 e. The van der Waals surface area contributed by atoms with Crippen LogP contribution in [0.15, 0.2) is 96.7 Å². The highest BCUT2D eigenvalue weighted by molar-refractivity contribution is 6.19. The molecule has 32 heavy (non-hydrogen) atoms. The molecule has 0 N–H and O–H groups in total. The van der Waals surface area contributed by atoms with Gasteiger partial charge in [-0.15, -0.1) is 0 Å². The van der Waals surface area contributed by atoms with E-state index in [-0.39, 0.29) is 22.6 Å². The van der Waals surface area contributed by atoms with Crippen LogP contribution in [0.4, 0.5) is 11.4 Å². The van der Waals surface area contributed by atoms with Gasteiger partial charge < -0.3 is 14.4 Å². The Morgan fingerprint density at radius 1 is 0.719 bits per heavy atom. The highest BCUT2D eigenvalue weighted by atomic mass is 16.5. The molecule has 0 amide bonds. The number of allylic oxidation sites excluding steroid dienone is 1. The third kappa shape index (κ3) is 3.17. The number of ketones is 1. The Balaban J connectivity index is 2.11. The highest BCUT2D eigenvalue weighted by Crippen LogP contribution is 2.46. The van der Waals surface area contributed by atoms with Gasteiger partial charge in [0.25, 0.3) is 0 Å². The van der Waals surface area contributed by atoms with Crippen molar-refractivity contribution in [3.05, 3.63) is 108 Å². The summed E-state index contributed by atoms with van der Waals surface area (Å²) in [6.07, 6.45) is 1.32. The first-order chi connectivity index (χ1) is 15.6. The molecule has 0 saturated heterocycles. The fourth-order valence-electron chi connectivity index (χ4n) is 4.11. The van der Waals surface area contributed by atoms with Crippen molar-refractivity contribution in [2.24, 2.45) is 0 Å². The maximum absolute atomic E-state index is 13.4. The largest absolute Gasteiger partial charge is 0.468 e. The summed E-state index contributed by atoms with van der Waals surface area (Å²) in [4.78, 5) is 41.7. The Hall–Kier alpha value is -4.19. The smallest absolute Gasteiger partial charge is 0.334 e. The van der Waals surface area contributed by atoms with E-state index in [9.17, 15) is 14.4 Å². The van der Waals surface area contributed by atoms with Crippen molar-refractivity contribution < 1.29 is 23.9 Å².